The molecule has 2 N–H and O–H groups in total. The maximum atomic E-state index is 11.6. The van der Waals surface area contributed by atoms with Crippen molar-refractivity contribution in [1.29, 1.82) is 0 Å². The van der Waals surface area contributed by atoms with Gasteiger partial charge in [-0.05, 0) is 62.2 Å². The van der Waals surface area contributed by atoms with Crippen molar-refractivity contribution in [1.82, 2.24) is 20.4 Å². The number of fused-ring (bicyclic) bond motifs is 1. The SMILES string of the molecule is CC(=O)NC1CCCC(C2OC2N2CCN(CC3CN=CN3)C3CCC(C4CCCCC4)CC3C2)C1. The van der Waals surface area contributed by atoms with Gasteiger partial charge in [0.15, 0.2) is 0 Å². The van der Waals surface area contributed by atoms with E-state index < -0.39 is 0 Å². The molecular formula is C29H49N5O2. The summed E-state index contributed by atoms with van der Waals surface area (Å²) >= 11 is 0. The lowest BCUT2D eigenvalue weighted by molar-refractivity contribution is -0.120. The molecule has 0 aromatic heterocycles. The fourth-order valence-corrected chi connectivity index (χ4v) is 8.75. The van der Waals surface area contributed by atoms with Crippen LogP contribution in [0.2, 0.25) is 0 Å². The number of amides is 1. The smallest absolute Gasteiger partial charge is 0.217 e. The summed E-state index contributed by atoms with van der Waals surface area (Å²) in [5.41, 5.74) is 0. The van der Waals surface area contributed by atoms with Gasteiger partial charge in [-0.2, -0.15) is 0 Å². The Kier molecular flexibility index (Phi) is 7.87. The fraction of sp³-hybridized carbons (Fsp3) is 0.931. The number of nitrogens with one attached hydrogen (secondary N) is 2. The molecule has 0 aromatic carbocycles. The third-order valence-corrected chi connectivity index (χ3v) is 10.5. The lowest BCUT2D eigenvalue weighted by atomic mass is 9.68. The minimum Gasteiger partial charge on any atom is -0.371 e. The summed E-state index contributed by atoms with van der Waals surface area (Å²) in [5, 5.41) is 6.67. The maximum absolute atomic E-state index is 11.6. The summed E-state index contributed by atoms with van der Waals surface area (Å²) in [4.78, 5) is 21.6. The molecule has 3 saturated carbocycles. The van der Waals surface area contributed by atoms with Gasteiger partial charge in [0, 0.05) is 45.2 Å². The molecule has 0 spiro atoms. The molecule has 3 aliphatic heterocycles. The second-order valence-corrected chi connectivity index (χ2v) is 13.0. The van der Waals surface area contributed by atoms with E-state index in [0.29, 0.717) is 36.4 Å². The number of rotatable bonds is 6. The summed E-state index contributed by atoms with van der Waals surface area (Å²) in [5.74, 6) is 3.39. The second-order valence-electron chi connectivity index (χ2n) is 13.0. The van der Waals surface area contributed by atoms with Crippen molar-refractivity contribution < 1.29 is 9.53 Å². The first-order valence-electron chi connectivity index (χ1n) is 15.3. The van der Waals surface area contributed by atoms with Gasteiger partial charge in [-0.3, -0.25) is 19.6 Å². The summed E-state index contributed by atoms with van der Waals surface area (Å²) in [6.07, 6.45) is 18.8. The zero-order valence-corrected chi connectivity index (χ0v) is 22.5. The minimum absolute atomic E-state index is 0.111. The van der Waals surface area contributed by atoms with Crippen LogP contribution in [0.1, 0.15) is 84.0 Å². The van der Waals surface area contributed by atoms with Crippen molar-refractivity contribution >= 4 is 12.2 Å². The molecule has 3 heterocycles. The Morgan fingerprint density at radius 3 is 2.64 bits per heavy atom. The molecule has 6 aliphatic rings. The largest absolute Gasteiger partial charge is 0.371 e. The number of nitrogens with zero attached hydrogens (tertiary/aromatic N) is 3. The number of epoxide rings is 1. The molecule has 0 aromatic rings. The second kappa shape index (κ2) is 11.3. The highest BCUT2D eigenvalue weighted by Crippen LogP contribution is 2.45. The Morgan fingerprint density at radius 2 is 1.83 bits per heavy atom. The van der Waals surface area contributed by atoms with Gasteiger partial charge < -0.3 is 15.4 Å². The molecule has 0 bridgehead atoms. The molecule has 0 radical (unpaired) electrons. The Labute approximate surface area is 218 Å². The van der Waals surface area contributed by atoms with E-state index in [1.165, 1.54) is 70.8 Å². The molecule has 7 heteroatoms. The predicted octanol–water partition coefficient (Wildman–Crippen LogP) is 3.39. The molecule has 7 nitrogen and oxygen atoms in total. The van der Waals surface area contributed by atoms with Gasteiger partial charge in [-0.15, -0.1) is 0 Å². The van der Waals surface area contributed by atoms with Gasteiger partial charge in [-0.25, -0.2) is 0 Å². The summed E-state index contributed by atoms with van der Waals surface area (Å²) < 4.78 is 6.46. The molecule has 36 heavy (non-hydrogen) atoms. The van der Waals surface area contributed by atoms with Crippen LogP contribution >= 0.6 is 0 Å². The van der Waals surface area contributed by atoms with Crippen LogP contribution in [0.25, 0.3) is 0 Å². The van der Waals surface area contributed by atoms with Crippen LogP contribution in [0.3, 0.4) is 0 Å². The topological polar surface area (TPSA) is 72.5 Å². The predicted molar refractivity (Wildman–Crippen MR) is 143 cm³/mol. The van der Waals surface area contributed by atoms with Crippen molar-refractivity contribution in [3.63, 3.8) is 0 Å². The zero-order valence-electron chi connectivity index (χ0n) is 22.5. The van der Waals surface area contributed by atoms with E-state index in [0.717, 1.165) is 56.8 Å². The highest BCUT2D eigenvalue weighted by molar-refractivity contribution is 5.73. The Balaban J connectivity index is 1.11. The first-order valence-corrected chi connectivity index (χ1v) is 15.3. The van der Waals surface area contributed by atoms with Gasteiger partial charge >= 0.3 is 0 Å². The molecule has 6 rings (SSSR count). The van der Waals surface area contributed by atoms with Crippen LogP contribution in [0.5, 0.6) is 0 Å². The average molecular weight is 500 g/mol. The van der Waals surface area contributed by atoms with E-state index >= 15 is 0 Å². The van der Waals surface area contributed by atoms with E-state index in [1.807, 2.05) is 6.34 Å². The Hall–Kier alpha value is -1.18. The first kappa shape index (κ1) is 25.1. The normalized spacial score (nSPS) is 42.4. The molecule has 1 amide bonds. The fourth-order valence-electron chi connectivity index (χ4n) is 8.75. The van der Waals surface area contributed by atoms with E-state index in [2.05, 4.69) is 25.4 Å². The third-order valence-electron chi connectivity index (χ3n) is 10.5. The maximum Gasteiger partial charge on any atom is 0.217 e. The van der Waals surface area contributed by atoms with Crippen molar-refractivity contribution in [3.8, 4) is 0 Å². The highest BCUT2D eigenvalue weighted by Gasteiger charge is 2.51. The lowest BCUT2D eigenvalue weighted by Gasteiger charge is -2.44. The number of carbonyl (C=O) groups is 1. The third kappa shape index (κ3) is 5.78. The van der Waals surface area contributed by atoms with Crippen molar-refractivity contribution in [3.05, 3.63) is 0 Å². The number of hydrogen-bond acceptors (Lipinski definition) is 6. The summed E-state index contributed by atoms with van der Waals surface area (Å²) in [6.45, 7) is 7.18. The average Bonchev–Trinajstić information content (AvgIpc) is 3.56. The van der Waals surface area contributed by atoms with Crippen molar-refractivity contribution in [2.45, 2.75) is 114 Å². The molecule has 2 saturated heterocycles. The van der Waals surface area contributed by atoms with Crippen LogP contribution in [-0.4, -0.2) is 85.2 Å². The van der Waals surface area contributed by atoms with E-state index in [9.17, 15) is 4.79 Å². The van der Waals surface area contributed by atoms with Gasteiger partial charge in [0.1, 0.15) is 12.3 Å². The summed E-state index contributed by atoms with van der Waals surface area (Å²) in [6, 6.07) is 1.53. The molecule has 3 aliphatic carbocycles. The van der Waals surface area contributed by atoms with Crippen LogP contribution < -0.4 is 10.6 Å². The zero-order chi connectivity index (χ0) is 24.5. The van der Waals surface area contributed by atoms with Crippen LogP contribution in [-0.2, 0) is 9.53 Å². The van der Waals surface area contributed by atoms with Gasteiger partial charge in [0.05, 0.1) is 18.9 Å². The van der Waals surface area contributed by atoms with E-state index in [-0.39, 0.29) is 5.91 Å². The number of aliphatic imine (C=N–C) groups is 1. The molecule has 5 fully saturated rings. The van der Waals surface area contributed by atoms with E-state index in [1.54, 1.807) is 6.92 Å². The quantitative estimate of drug-likeness (QED) is 0.548. The molecule has 8 unspecified atom stereocenters. The van der Waals surface area contributed by atoms with Gasteiger partial charge in [0.25, 0.3) is 0 Å². The van der Waals surface area contributed by atoms with E-state index in [4.69, 9.17) is 4.74 Å². The molecule has 202 valence electrons. The Morgan fingerprint density at radius 1 is 0.972 bits per heavy atom. The van der Waals surface area contributed by atoms with Crippen LogP contribution in [0.4, 0.5) is 0 Å². The highest BCUT2D eigenvalue weighted by atomic mass is 16.6. The Bertz CT molecular complexity index is 778. The monoisotopic (exact) mass is 499 g/mol. The van der Waals surface area contributed by atoms with Crippen molar-refractivity contribution in [2.24, 2.45) is 28.7 Å². The van der Waals surface area contributed by atoms with Crippen molar-refractivity contribution in [2.75, 3.05) is 32.7 Å². The number of carbonyl (C=O) groups excluding carboxylic acids is 1. The number of ether oxygens (including phenoxy) is 1. The lowest BCUT2D eigenvalue weighted by Crippen LogP contribution is -2.50. The van der Waals surface area contributed by atoms with Gasteiger partial charge in [-0.1, -0.05) is 38.5 Å². The summed E-state index contributed by atoms with van der Waals surface area (Å²) in [7, 11) is 0. The van der Waals surface area contributed by atoms with Crippen LogP contribution in [0.15, 0.2) is 4.99 Å². The first-order chi connectivity index (χ1) is 17.6. The van der Waals surface area contributed by atoms with Crippen LogP contribution in [0, 0.1) is 23.7 Å². The minimum atomic E-state index is 0.111. The number of hydrogen-bond donors (Lipinski definition) is 2. The standard InChI is InChI=1S/C29H49N5O2/c1-20(35)32-25-9-5-8-23(15-25)28-29(36-28)34-13-12-33(18-26-16-30-19-31-26)27-11-10-22(14-24(27)17-34)21-6-3-2-4-7-21/h19,21-29H,2-18H2,1H3,(H,30,31)(H,32,35). The molecule has 8 atom stereocenters. The molecular weight excluding hydrogens is 450 g/mol. The van der Waals surface area contributed by atoms with Gasteiger partial charge in [0.2, 0.25) is 5.91 Å².